The highest BCUT2D eigenvalue weighted by Gasteiger charge is 2.33. The molecule has 76 valence electrons. The van der Waals surface area contributed by atoms with Crippen LogP contribution in [-0.2, 0) is 0 Å². The van der Waals surface area contributed by atoms with Crippen LogP contribution in [0, 0.1) is 12.7 Å². The van der Waals surface area contributed by atoms with Crippen LogP contribution in [0.1, 0.15) is 12.5 Å². The largest absolute Gasteiger partial charge is 0.485 e. The lowest BCUT2D eigenvalue weighted by molar-refractivity contribution is 0.0347. The van der Waals surface area contributed by atoms with Crippen molar-refractivity contribution in [2.24, 2.45) is 0 Å². The van der Waals surface area contributed by atoms with Crippen molar-refractivity contribution in [2.75, 3.05) is 13.1 Å². The van der Waals surface area contributed by atoms with Crippen molar-refractivity contribution in [2.45, 2.75) is 19.4 Å². The van der Waals surface area contributed by atoms with E-state index in [9.17, 15) is 4.39 Å². The normalized spacial score (nSPS) is 18.8. The molecule has 1 fully saturated rings. The quantitative estimate of drug-likeness (QED) is 0.778. The molecule has 1 aliphatic heterocycles. The standard InChI is InChI=1S/C11H14FNO/c1-8-5-9(3-4-10(8)12)14-11(2)6-13-7-11/h3-5,13H,6-7H2,1-2H3. The molecular formula is C11H14FNO. The van der Waals surface area contributed by atoms with Crippen molar-refractivity contribution in [1.82, 2.24) is 5.32 Å². The van der Waals surface area contributed by atoms with E-state index in [0.29, 0.717) is 5.56 Å². The molecule has 1 heterocycles. The third-order valence-corrected chi connectivity index (χ3v) is 2.49. The van der Waals surface area contributed by atoms with Gasteiger partial charge in [0.15, 0.2) is 0 Å². The summed E-state index contributed by atoms with van der Waals surface area (Å²) in [5.74, 6) is 0.558. The molecule has 0 bridgehead atoms. The molecule has 0 amide bonds. The lowest BCUT2D eigenvalue weighted by atomic mass is 10.00. The molecule has 0 atom stereocenters. The fourth-order valence-corrected chi connectivity index (χ4v) is 1.51. The van der Waals surface area contributed by atoms with Gasteiger partial charge in [0.05, 0.1) is 0 Å². The number of hydrogen-bond donors (Lipinski definition) is 1. The van der Waals surface area contributed by atoms with Gasteiger partial charge < -0.3 is 10.1 Å². The fourth-order valence-electron chi connectivity index (χ4n) is 1.51. The molecule has 14 heavy (non-hydrogen) atoms. The molecule has 2 nitrogen and oxygen atoms in total. The van der Waals surface area contributed by atoms with E-state index in [2.05, 4.69) is 5.32 Å². The van der Waals surface area contributed by atoms with Crippen LogP contribution in [0.15, 0.2) is 18.2 Å². The lowest BCUT2D eigenvalue weighted by Gasteiger charge is -2.39. The third-order valence-electron chi connectivity index (χ3n) is 2.49. The maximum Gasteiger partial charge on any atom is 0.131 e. The molecule has 1 N–H and O–H groups in total. The maximum absolute atomic E-state index is 13.0. The molecule has 3 heteroatoms. The van der Waals surface area contributed by atoms with Gasteiger partial charge in [-0.05, 0) is 37.6 Å². The van der Waals surface area contributed by atoms with Crippen LogP contribution in [0.4, 0.5) is 4.39 Å². The Labute approximate surface area is 83.1 Å². The smallest absolute Gasteiger partial charge is 0.131 e. The molecule has 0 aromatic heterocycles. The summed E-state index contributed by atoms with van der Waals surface area (Å²) in [6.45, 7) is 5.48. The monoisotopic (exact) mass is 195 g/mol. The summed E-state index contributed by atoms with van der Waals surface area (Å²) in [6.07, 6.45) is 0. The fraction of sp³-hybridized carbons (Fsp3) is 0.455. The summed E-state index contributed by atoms with van der Waals surface area (Å²) >= 11 is 0. The first-order chi connectivity index (χ1) is 6.59. The van der Waals surface area contributed by atoms with Crippen LogP contribution >= 0.6 is 0 Å². The minimum atomic E-state index is -0.186. The van der Waals surface area contributed by atoms with Crippen LogP contribution in [0.25, 0.3) is 0 Å². The van der Waals surface area contributed by atoms with E-state index in [1.54, 1.807) is 19.1 Å². The van der Waals surface area contributed by atoms with E-state index in [4.69, 9.17) is 4.74 Å². The summed E-state index contributed by atoms with van der Waals surface area (Å²) in [5.41, 5.74) is 0.503. The first-order valence-corrected chi connectivity index (χ1v) is 4.75. The molecular weight excluding hydrogens is 181 g/mol. The van der Waals surface area contributed by atoms with Gasteiger partial charge in [0, 0.05) is 13.1 Å². The van der Waals surface area contributed by atoms with Gasteiger partial charge >= 0.3 is 0 Å². The Bertz CT molecular complexity index is 347. The van der Waals surface area contributed by atoms with Gasteiger partial charge in [-0.2, -0.15) is 0 Å². The van der Waals surface area contributed by atoms with E-state index >= 15 is 0 Å². The van der Waals surface area contributed by atoms with E-state index in [-0.39, 0.29) is 11.4 Å². The Morgan fingerprint density at radius 3 is 2.64 bits per heavy atom. The zero-order valence-corrected chi connectivity index (χ0v) is 8.43. The second-order valence-electron chi connectivity index (χ2n) is 4.07. The van der Waals surface area contributed by atoms with Crippen molar-refractivity contribution >= 4 is 0 Å². The van der Waals surface area contributed by atoms with Gasteiger partial charge in [-0.25, -0.2) is 4.39 Å². The van der Waals surface area contributed by atoms with Crippen LogP contribution in [0.3, 0.4) is 0 Å². The van der Waals surface area contributed by atoms with Crippen LogP contribution in [0.2, 0.25) is 0 Å². The number of nitrogens with one attached hydrogen (secondary N) is 1. The van der Waals surface area contributed by atoms with Crippen LogP contribution in [0.5, 0.6) is 5.75 Å². The predicted molar refractivity (Wildman–Crippen MR) is 53.0 cm³/mol. The SMILES string of the molecule is Cc1cc(OC2(C)CNC2)ccc1F. The first-order valence-electron chi connectivity index (χ1n) is 4.75. The average molecular weight is 195 g/mol. The van der Waals surface area contributed by atoms with Crippen molar-refractivity contribution < 1.29 is 9.13 Å². The van der Waals surface area contributed by atoms with E-state index in [0.717, 1.165) is 18.8 Å². The van der Waals surface area contributed by atoms with Gasteiger partial charge in [-0.1, -0.05) is 0 Å². The molecule has 1 aliphatic rings. The highest BCUT2D eigenvalue weighted by atomic mass is 19.1. The van der Waals surface area contributed by atoms with Crippen molar-refractivity contribution in [3.8, 4) is 5.75 Å². The van der Waals surface area contributed by atoms with Gasteiger partial charge in [0.25, 0.3) is 0 Å². The molecule has 0 radical (unpaired) electrons. The third kappa shape index (κ3) is 1.73. The molecule has 0 aliphatic carbocycles. The molecule has 1 saturated heterocycles. The minimum absolute atomic E-state index is 0.121. The molecule has 0 spiro atoms. The number of ether oxygens (including phenoxy) is 1. The van der Waals surface area contributed by atoms with E-state index in [1.165, 1.54) is 6.07 Å². The Morgan fingerprint density at radius 1 is 1.43 bits per heavy atom. The number of hydrogen-bond acceptors (Lipinski definition) is 2. The number of halogens is 1. The Kier molecular flexibility index (Phi) is 2.19. The van der Waals surface area contributed by atoms with E-state index < -0.39 is 0 Å². The predicted octanol–water partition coefficient (Wildman–Crippen LogP) is 1.87. The average Bonchev–Trinajstić information content (AvgIpc) is 2.09. The zero-order chi connectivity index (χ0) is 10.2. The Morgan fingerprint density at radius 2 is 2.14 bits per heavy atom. The molecule has 0 saturated carbocycles. The summed E-state index contributed by atoms with van der Waals surface area (Å²) in [7, 11) is 0. The molecule has 2 rings (SSSR count). The Balaban J connectivity index is 2.13. The number of benzene rings is 1. The van der Waals surface area contributed by atoms with Crippen LogP contribution in [-0.4, -0.2) is 18.7 Å². The number of rotatable bonds is 2. The van der Waals surface area contributed by atoms with Gasteiger partial charge in [-0.3, -0.25) is 0 Å². The summed E-state index contributed by atoms with van der Waals surface area (Å²) in [4.78, 5) is 0. The lowest BCUT2D eigenvalue weighted by Crippen LogP contribution is -2.61. The van der Waals surface area contributed by atoms with E-state index in [1.807, 2.05) is 6.92 Å². The molecule has 1 aromatic rings. The van der Waals surface area contributed by atoms with Gasteiger partial charge in [0.2, 0.25) is 0 Å². The second-order valence-corrected chi connectivity index (χ2v) is 4.07. The Hall–Kier alpha value is -1.09. The molecule has 1 aromatic carbocycles. The summed E-state index contributed by atoms with van der Waals surface area (Å²) < 4.78 is 18.7. The second kappa shape index (κ2) is 3.24. The minimum Gasteiger partial charge on any atom is -0.485 e. The summed E-state index contributed by atoms with van der Waals surface area (Å²) in [5, 5.41) is 3.15. The summed E-state index contributed by atoms with van der Waals surface area (Å²) in [6, 6.07) is 4.85. The maximum atomic E-state index is 13.0. The zero-order valence-electron chi connectivity index (χ0n) is 8.43. The van der Waals surface area contributed by atoms with Crippen molar-refractivity contribution in [3.05, 3.63) is 29.6 Å². The molecule has 0 unspecified atom stereocenters. The topological polar surface area (TPSA) is 21.3 Å². The van der Waals surface area contributed by atoms with Crippen molar-refractivity contribution in [1.29, 1.82) is 0 Å². The highest BCUT2D eigenvalue weighted by Crippen LogP contribution is 2.23. The number of aryl methyl sites for hydroxylation is 1. The highest BCUT2D eigenvalue weighted by molar-refractivity contribution is 5.29. The van der Waals surface area contributed by atoms with Gasteiger partial charge in [0.1, 0.15) is 17.2 Å². The van der Waals surface area contributed by atoms with Gasteiger partial charge in [-0.15, -0.1) is 0 Å². The first kappa shape index (κ1) is 9.46. The van der Waals surface area contributed by atoms with Crippen LogP contribution < -0.4 is 10.1 Å². The van der Waals surface area contributed by atoms with Crippen molar-refractivity contribution in [3.63, 3.8) is 0 Å².